The molecule has 5 nitrogen and oxygen atoms in total. The zero-order valence-electron chi connectivity index (χ0n) is 34.6. The van der Waals surface area contributed by atoms with Crippen LogP contribution in [0.2, 0.25) is 0 Å². The lowest BCUT2D eigenvalue weighted by Crippen LogP contribution is -2.30. The Morgan fingerprint density at radius 3 is 1.78 bits per heavy atom. The van der Waals surface area contributed by atoms with Gasteiger partial charge in [0.15, 0.2) is 0 Å². The van der Waals surface area contributed by atoms with Crippen LogP contribution in [0.3, 0.4) is 0 Å². The van der Waals surface area contributed by atoms with E-state index in [1.54, 1.807) is 12.3 Å². The summed E-state index contributed by atoms with van der Waals surface area (Å²) < 4.78 is 34.9. The van der Waals surface area contributed by atoms with Crippen molar-refractivity contribution in [2.24, 2.45) is 0 Å². The lowest BCUT2D eigenvalue weighted by Gasteiger charge is -2.32. The summed E-state index contributed by atoms with van der Waals surface area (Å²) >= 11 is 0. The van der Waals surface area contributed by atoms with Crippen molar-refractivity contribution in [3.8, 4) is 45.3 Å². The van der Waals surface area contributed by atoms with Crippen LogP contribution in [0, 0.1) is 0 Å². The van der Waals surface area contributed by atoms with E-state index in [4.69, 9.17) is 13.9 Å². The van der Waals surface area contributed by atoms with Crippen LogP contribution in [-0.2, 0) is 0 Å². The lowest BCUT2D eigenvalue weighted by molar-refractivity contribution is 0.480. The van der Waals surface area contributed by atoms with E-state index in [1.807, 2.05) is 85.0 Å². The zero-order valence-corrected chi connectivity index (χ0v) is 34.6. The van der Waals surface area contributed by atoms with Crippen LogP contribution in [-0.4, -0.2) is 6.04 Å². The predicted octanol–water partition coefficient (Wildman–Crippen LogP) is 16.3. The van der Waals surface area contributed by atoms with Gasteiger partial charge in [0.2, 0.25) is 0 Å². The van der Waals surface area contributed by atoms with Crippen molar-refractivity contribution < 1.29 is 18.3 Å². The molecule has 0 bridgehead atoms. The quantitative estimate of drug-likeness (QED) is 0.136. The van der Waals surface area contributed by atoms with Crippen molar-refractivity contribution in [1.29, 1.82) is 0 Å². The van der Waals surface area contributed by atoms with Gasteiger partial charge in [0.25, 0.3) is 0 Å². The molecule has 0 fully saturated rings. The van der Waals surface area contributed by atoms with Gasteiger partial charge in [-0.15, -0.1) is 0 Å². The van der Waals surface area contributed by atoms with E-state index in [2.05, 4.69) is 131 Å². The van der Waals surface area contributed by atoms with E-state index in [-0.39, 0.29) is 11.9 Å². The number of para-hydroxylation sites is 3. The summed E-state index contributed by atoms with van der Waals surface area (Å²) in [6, 6.07) is 59.7. The standard InChI is InChI=1S/C58H39FN2O3/c59-51-30-25-42(34-50(51)38-14-4-1-5-15-38)60(33-13-12-16-39-37-62-52-22-11-10-21-45(39)52)43-23-26-46-48-28-32-54-58-49(29-31-53(57(48)58)63-55(46)35-43)47-27-24-44(36-56(47)64-54)61(40-17-6-2-7-18-40)41-19-8-3-9-20-41/h1-24,26-37,42H,25H2. The fourth-order valence-corrected chi connectivity index (χ4v) is 9.36. The SMILES string of the molecule is FC1=CCC(N(C=CC=Cc2coc3ccccc23)c2ccc3c(c2)Oc2ccc4c5c(ccc-3c25)Oc2cc(N(c3ccccc3)c3ccccc3)ccc2-4)C=C1c1ccccc1. The summed E-state index contributed by atoms with van der Waals surface area (Å²) in [5, 5.41) is 3.11. The number of nitrogens with zero attached hydrogens (tertiary/aromatic N) is 2. The highest BCUT2D eigenvalue weighted by molar-refractivity contribution is 6.14. The average Bonchev–Trinajstić information content (AvgIpc) is 3.76. The van der Waals surface area contributed by atoms with Crippen LogP contribution in [0.4, 0.5) is 27.1 Å². The van der Waals surface area contributed by atoms with Gasteiger partial charge < -0.3 is 23.7 Å². The van der Waals surface area contributed by atoms with Crippen LogP contribution in [0.15, 0.2) is 223 Å². The molecule has 1 atom stereocenters. The first-order valence-electron chi connectivity index (χ1n) is 21.5. The molecular weight excluding hydrogens is 792 g/mol. The van der Waals surface area contributed by atoms with Crippen LogP contribution in [0.5, 0.6) is 23.0 Å². The average molecular weight is 831 g/mol. The smallest absolute Gasteiger partial charge is 0.137 e. The van der Waals surface area contributed by atoms with E-state index in [0.717, 1.165) is 101 Å². The van der Waals surface area contributed by atoms with Crippen LogP contribution in [0.1, 0.15) is 17.5 Å². The van der Waals surface area contributed by atoms with Gasteiger partial charge in [0.1, 0.15) is 34.4 Å². The number of rotatable bonds is 9. The Morgan fingerprint density at radius 2 is 1.11 bits per heavy atom. The molecule has 1 aliphatic carbocycles. The molecule has 0 N–H and O–H groups in total. The number of allylic oxidation sites excluding steroid dienone is 4. The molecule has 0 radical (unpaired) electrons. The second-order valence-electron chi connectivity index (χ2n) is 16.1. The molecule has 64 heavy (non-hydrogen) atoms. The van der Waals surface area contributed by atoms with Crippen LogP contribution < -0.4 is 19.3 Å². The Balaban J connectivity index is 0.909. The first kappa shape index (κ1) is 37.4. The first-order valence-corrected chi connectivity index (χ1v) is 21.5. The molecule has 12 rings (SSSR count). The van der Waals surface area contributed by atoms with Gasteiger partial charge in [-0.2, -0.15) is 0 Å². The highest BCUT2D eigenvalue weighted by atomic mass is 19.1. The number of hydrogen-bond donors (Lipinski definition) is 0. The van der Waals surface area contributed by atoms with Gasteiger partial charge in [0, 0.05) is 79.5 Å². The van der Waals surface area contributed by atoms with E-state index in [0.29, 0.717) is 12.0 Å². The summed E-state index contributed by atoms with van der Waals surface area (Å²) in [5.74, 6) is 2.91. The molecule has 306 valence electrons. The van der Waals surface area contributed by atoms with Gasteiger partial charge in [-0.25, -0.2) is 4.39 Å². The number of fused-ring (bicyclic) bond motifs is 5. The Labute approximate surface area is 370 Å². The van der Waals surface area contributed by atoms with Crippen molar-refractivity contribution in [1.82, 2.24) is 0 Å². The topological polar surface area (TPSA) is 38.1 Å². The van der Waals surface area contributed by atoms with Gasteiger partial charge in [0.05, 0.1) is 12.3 Å². The second-order valence-corrected chi connectivity index (χ2v) is 16.1. The highest BCUT2D eigenvalue weighted by Gasteiger charge is 2.30. The van der Waals surface area contributed by atoms with Gasteiger partial charge >= 0.3 is 0 Å². The van der Waals surface area contributed by atoms with Crippen molar-refractivity contribution in [3.05, 3.63) is 230 Å². The number of hydrogen-bond acceptors (Lipinski definition) is 5. The minimum absolute atomic E-state index is 0.167. The Bertz CT molecular complexity index is 3350. The van der Waals surface area contributed by atoms with Crippen molar-refractivity contribution in [2.75, 3.05) is 9.80 Å². The maximum atomic E-state index is 15.5. The Kier molecular flexibility index (Phi) is 9.08. The third-order valence-electron chi connectivity index (χ3n) is 12.4. The highest BCUT2D eigenvalue weighted by Crippen LogP contribution is 2.56. The van der Waals surface area contributed by atoms with Crippen molar-refractivity contribution in [3.63, 3.8) is 0 Å². The van der Waals surface area contributed by atoms with E-state index < -0.39 is 0 Å². The second kappa shape index (κ2) is 15.5. The summed E-state index contributed by atoms with van der Waals surface area (Å²) in [4.78, 5) is 4.44. The van der Waals surface area contributed by atoms with Gasteiger partial charge in [-0.1, -0.05) is 103 Å². The van der Waals surface area contributed by atoms with Crippen LogP contribution in [0.25, 0.3) is 55.6 Å². The Morgan fingerprint density at radius 1 is 0.531 bits per heavy atom. The van der Waals surface area contributed by atoms with E-state index >= 15 is 4.39 Å². The normalized spacial score (nSPS) is 14.7. The number of halogens is 1. The predicted molar refractivity (Wildman–Crippen MR) is 259 cm³/mol. The first-order chi connectivity index (χ1) is 31.6. The summed E-state index contributed by atoms with van der Waals surface area (Å²) in [7, 11) is 0. The van der Waals surface area contributed by atoms with Crippen LogP contribution >= 0.6 is 0 Å². The maximum absolute atomic E-state index is 15.5. The fraction of sp³-hybridized carbons (Fsp3) is 0.0345. The molecule has 0 spiro atoms. The third-order valence-corrected chi connectivity index (χ3v) is 12.4. The van der Waals surface area contributed by atoms with Gasteiger partial charge in [-0.05, 0) is 114 Å². The van der Waals surface area contributed by atoms with Crippen molar-refractivity contribution in [2.45, 2.75) is 12.5 Å². The van der Waals surface area contributed by atoms with E-state index in [9.17, 15) is 0 Å². The molecule has 1 unspecified atom stereocenters. The van der Waals surface area contributed by atoms with E-state index in [1.165, 1.54) is 0 Å². The molecule has 0 saturated heterocycles. The third kappa shape index (κ3) is 6.47. The maximum Gasteiger partial charge on any atom is 0.137 e. The molecule has 0 saturated carbocycles. The Hall–Kier alpha value is -8.35. The number of anilines is 4. The molecule has 0 amide bonds. The lowest BCUT2D eigenvalue weighted by atomic mass is 9.88. The molecule has 8 aromatic carbocycles. The number of furan rings is 1. The molecule has 6 heteroatoms. The summed E-state index contributed by atoms with van der Waals surface area (Å²) in [6.45, 7) is 0. The minimum Gasteiger partial charge on any atom is -0.464 e. The minimum atomic E-state index is -0.211. The largest absolute Gasteiger partial charge is 0.464 e. The molecule has 9 aromatic rings. The van der Waals surface area contributed by atoms with Crippen molar-refractivity contribution >= 4 is 56.1 Å². The summed E-state index contributed by atoms with van der Waals surface area (Å²) in [5.41, 5.74) is 11.5. The molecule has 1 aromatic heterocycles. The fourth-order valence-electron chi connectivity index (χ4n) is 9.36. The van der Waals surface area contributed by atoms with Gasteiger partial charge in [-0.3, -0.25) is 0 Å². The zero-order chi connectivity index (χ0) is 42.6. The molecule has 3 aliphatic rings. The molecule has 3 heterocycles. The monoisotopic (exact) mass is 830 g/mol. The molecular formula is C58H39FN2O3. The number of ether oxygens (including phenoxy) is 2. The number of benzene rings is 8. The molecule has 2 aliphatic heterocycles. The summed E-state index contributed by atoms with van der Waals surface area (Å²) in [6.07, 6.45) is 14.1.